The first-order valence-corrected chi connectivity index (χ1v) is 11.2. The highest BCUT2D eigenvalue weighted by atomic mass is 79.9. The molecule has 0 saturated heterocycles. The van der Waals surface area contributed by atoms with E-state index < -0.39 is 0 Å². The fourth-order valence-corrected chi connectivity index (χ4v) is 4.05. The largest absolute Gasteiger partial charge is 0.490 e. The van der Waals surface area contributed by atoms with Gasteiger partial charge in [-0.3, -0.25) is 0 Å². The lowest BCUT2D eigenvalue weighted by molar-refractivity contribution is 0.174. The monoisotopic (exact) mass is 523 g/mol. The van der Waals surface area contributed by atoms with Gasteiger partial charge in [-0.2, -0.15) is 0 Å². The molecule has 8 heteroatoms. The summed E-state index contributed by atoms with van der Waals surface area (Å²) in [4.78, 5) is 0. The Morgan fingerprint density at radius 2 is 1.77 bits per heavy atom. The molecule has 0 bridgehead atoms. The molecule has 0 unspecified atom stereocenters. The molecule has 162 valence electrons. The number of hydrogen-bond donors (Lipinski definition) is 1. The maximum atomic E-state index is 6.10. The second-order valence-electron chi connectivity index (χ2n) is 6.80. The normalized spacial score (nSPS) is 12.0. The van der Waals surface area contributed by atoms with Crippen molar-refractivity contribution in [2.75, 3.05) is 18.7 Å². The van der Waals surface area contributed by atoms with Crippen LogP contribution in [0, 0.1) is 0 Å². The van der Waals surface area contributed by atoms with Gasteiger partial charge in [0.05, 0.1) is 21.1 Å². The molecule has 0 atom stereocenters. The first-order chi connectivity index (χ1) is 15.0. The van der Waals surface area contributed by atoms with Gasteiger partial charge in [-0.1, -0.05) is 29.3 Å². The third-order valence-corrected chi connectivity index (χ3v) is 5.93. The lowest BCUT2D eigenvalue weighted by Gasteiger charge is -2.16. The van der Waals surface area contributed by atoms with E-state index in [9.17, 15) is 0 Å². The summed E-state index contributed by atoms with van der Waals surface area (Å²) in [7, 11) is 0. The lowest BCUT2D eigenvalue weighted by atomic mass is 10.2. The molecule has 1 heterocycles. The number of fused-ring (bicyclic) bond motifs is 1. The summed E-state index contributed by atoms with van der Waals surface area (Å²) in [5.41, 5.74) is 2.89. The minimum Gasteiger partial charge on any atom is -0.490 e. The molecule has 3 aromatic carbocycles. The standard InChI is InChI=1S/C23H20BrCl2NO4/c1-2-28-22-9-15(11-27-16-4-6-20-21(10-16)31-13-30-20)7-17(24)23(22)29-12-14-3-5-18(25)19(26)8-14/h3-10,27H,2,11-13H2,1H3. The molecule has 1 N–H and O–H groups in total. The fourth-order valence-electron chi connectivity index (χ4n) is 3.12. The summed E-state index contributed by atoms with van der Waals surface area (Å²) >= 11 is 15.7. The molecular weight excluding hydrogens is 505 g/mol. The molecule has 5 nitrogen and oxygen atoms in total. The third kappa shape index (κ3) is 5.32. The molecule has 0 aliphatic carbocycles. The number of hydrogen-bond acceptors (Lipinski definition) is 5. The van der Waals surface area contributed by atoms with E-state index in [1.54, 1.807) is 12.1 Å². The van der Waals surface area contributed by atoms with Crippen LogP contribution in [0.2, 0.25) is 10.0 Å². The van der Waals surface area contributed by atoms with E-state index in [-0.39, 0.29) is 6.79 Å². The zero-order valence-corrected chi connectivity index (χ0v) is 19.8. The van der Waals surface area contributed by atoms with Crippen molar-refractivity contribution in [1.82, 2.24) is 0 Å². The Morgan fingerprint density at radius 3 is 2.58 bits per heavy atom. The molecule has 1 aliphatic rings. The van der Waals surface area contributed by atoms with Crippen molar-refractivity contribution in [3.8, 4) is 23.0 Å². The van der Waals surface area contributed by atoms with Crippen LogP contribution in [0.3, 0.4) is 0 Å². The number of anilines is 1. The van der Waals surface area contributed by atoms with E-state index in [0.717, 1.165) is 32.8 Å². The van der Waals surface area contributed by atoms with Crippen molar-refractivity contribution in [1.29, 1.82) is 0 Å². The minimum absolute atomic E-state index is 0.257. The lowest BCUT2D eigenvalue weighted by Crippen LogP contribution is -2.04. The molecular formula is C23H20BrCl2NO4. The summed E-state index contributed by atoms with van der Waals surface area (Å²) in [5.74, 6) is 2.81. The Balaban J connectivity index is 1.47. The Bertz CT molecular complexity index is 1090. The number of halogens is 3. The topological polar surface area (TPSA) is 49.0 Å². The molecule has 4 rings (SSSR count). The van der Waals surface area contributed by atoms with Gasteiger partial charge in [0.2, 0.25) is 6.79 Å². The highest BCUT2D eigenvalue weighted by Crippen LogP contribution is 2.38. The third-order valence-electron chi connectivity index (χ3n) is 4.61. The summed E-state index contributed by atoms with van der Waals surface area (Å²) in [6.45, 7) is 3.66. The summed E-state index contributed by atoms with van der Waals surface area (Å²) in [6, 6.07) is 15.2. The average Bonchev–Trinajstić information content (AvgIpc) is 3.22. The van der Waals surface area contributed by atoms with Crippen molar-refractivity contribution in [2.45, 2.75) is 20.1 Å². The highest BCUT2D eigenvalue weighted by molar-refractivity contribution is 9.10. The van der Waals surface area contributed by atoms with E-state index in [1.807, 2.05) is 43.3 Å². The predicted molar refractivity (Wildman–Crippen MR) is 126 cm³/mol. The van der Waals surface area contributed by atoms with Gasteiger partial charge in [-0.15, -0.1) is 0 Å². The molecule has 0 radical (unpaired) electrons. The van der Waals surface area contributed by atoms with Gasteiger partial charge >= 0.3 is 0 Å². The van der Waals surface area contributed by atoms with Crippen LogP contribution in [0.5, 0.6) is 23.0 Å². The zero-order chi connectivity index (χ0) is 21.8. The maximum absolute atomic E-state index is 6.10. The van der Waals surface area contributed by atoms with Crippen LogP contribution in [0.15, 0.2) is 53.0 Å². The van der Waals surface area contributed by atoms with Gasteiger partial charge in [-0.05, 0) is 70.4 Å². The smallest absolute Gasteiger partial charge is 0.231 e. The Labute approximate surface area is 199 Å². The van der Waals surface area contributed by atoms with E-state index in [2.05, 4.69) is 21.2 Å². The average molecular weight is 525 g/mol. The van der Waals surface area contributed by atoms with E-state index in [4.69, 9.17) is 42.1 Å². The van der Waals surface area contributed by atoms with Gasteiger partial charge in [0.25, 0.3) is 0 Å². The number of ether oxygens (including phenoxy) is 4. The predicted octanol–water partition coefficient (Wildman–Crippen LogP) is 7.07. The second-order valence-corrected chi connectivity index (χ2v) is 8.47. The maximum Gasteiger partial charge on any atom is 0.231 e. The molecule has 0 spiro atoms. The molecule has 0 saturated carbocycles. The van der Waals surface area contributed by atoms with Crippen LogP contribution < -0.4 is 24.3 Å². The van der Waals surface area contributed by atoms with Crippen molar-refractivity contribution in [2.24, 2.45) is 0 Å². The molecule has 0 fully saturated rings. The SMILES string of the molecule is CCOc1cc(CNc2ccc3c(c2)OCO3)cc(Br)c1OCc1ccc(Cl)c(Cl)c1. The van der Waals surface area contributed by atoms with Crippen LogP contribution in [0.25, 0.3) is 0 Å². The molecule has 3 aromatic rings. The summed E-state index contributed by atoms with van der Waals surface area (Å²) in [6.07, 6.45) is 0. The molecule has 0 aromatic heterocycles. The quantitative estimate of drug-likeness (QED) is 0.341. The summed E-state index contributed by atoms with van der Waals surface area (Å²) < 4.78 is 23.5. The molecule has 0 amide bonds. The van der Waals surface area contributed by atoms with Crippen LogP contribution >= 0.6 is 39.1 Å². The number of rotatable bonds is 8. The van der Waals surface area contributed by atoms with Crippen LogP contribution in [0.4, 0.5) is 5.69 Å². The number of nitrogens with one attached hydrogen (secondary N) is 1. The van der Waals surface area contributed by atoms with Crippen LogP contribution in [-0.4, -0.2) is 13.4 Å². The Hall–Kier alpha value is -2.28. The van der Waals surface area contributed by atoms with Crippen LogP contribution in [-0.2, 0) is 13.2 Å². The minimum atomic E-state index is 0.257. The van der Waals surface area contributed by atoms with Crippen molar-refractivity contribution >= 4 is 44.8 Å². The number of benzene rings is 3. The van der Waals surface area contributed by atoms with E-state index in [0.29, 0.717) is 41.3 Å². The molecule has 1 aliphatic heterocycles. The first-order valence-electron chi connectivity index (χ1n) is 9.69. The molecule has 31 heavy (non-hydrogen) atoms. The van der Waals surface area contributed by atoms with Crippen molar-refractivity contribution in [3.63, 3.8) is 0 Å². The van der Waals surface area contributed by atoms with Gasteiger partial charge in [0.1, 0.15) is 6.61 Å². The van der Waals surface area contributed by atoms with Crippen molar-refractivity contribution in [3.05, 3.63) is 74.2 Å². The van der Waals surface area contributed by atoms with Gasteiger partial charge in [0, 0.05) is 18.3 Å². The second kappa shape index (κ2) is 9.90. The van der Waals surface area contributed by atoms with Gasteiger partial charge < -0.3 is 24.3 Å². The zero-order valence-electron chi connectivity index (χ0n) is 16.7. The Morgan fingerprint density at radius 1 is 0.935 bits per heavy atom. The van der Waals surface area contributed by atoms with E-state index >= 15 is 0 Å². The highest BCUT2D eigenvalue weighted by Gasteiger charge is 2.15. The van der Waals surface area contributed by atoms with E-state index in [1.165, 1.54) is 0 Å². The van der Waals surface area contributed by atoms with Gasteiger partial charge in [-0.25, -0.2) is 0 Å². The van der Waals surface area contributed by atoms with Gasteiger partial charge in [0.15, 0.2) is 23.0 Å². The summed E-state index contributed by atoms with van der Waals surface area (Å²) in [5, 5.41) is 4.41. The Kier molecular flexibility index (Phi) is 7.00. The first kappa shape index (κ1) is 21.9. The fraction of sp³-hybridized carbons (Fsp3) is 0.217. The van der Waals surface area contributed by atoms with Crippen molar-refractivity contribution < 1.29 is 18.9 Å². The van der Waals surface area contributed by atoms with Crippen LogP contribution in [0.1, 0.15) is 18.1 Å².